The average molecular weight is 508 g/mol. The highest BCUT2D eigenvalue weighted by Gasteiger charge is 2.23. The average Bonchev–Trinajstić information content (AvgIpc) is 3.30. The molecule has 1 amide bonds. The number of carbonyl (C=O) groups is 1. The van der Waals surface area contributed by atoms with Crippen molar-refractivity contribution in [3.63, 3.8) is 0 Å². The fourth-order valence-electron chi connectivity index (χ4n) is 4.49. The summed E-state index contributed by atoms with van der Waals surface area (Å²) in [5.74, 6) is -3.02. The summed E-state index contributed by atoms with van der Waals surface area (Å²) in [5, 5.41) is 3.08. The Hall–Kier alpha value is -4.25. The highest BCUT2D eigenvalue weighted by atomic mass is 19.1. The standard InChI is InChI=1S/C26H27F2N7O2/c1-3-34-8-10-35(11-9-34)17-6-4-16(5-7-17)33-25-21(24(29)36)26(31-14-30-25)37-20-13-19(27)23-18(22(20)28)12-15(2)32-23/h4-7,12-14,32H,3,8-11H2,1-2H3,(H2,29,36)(H,30,31,33). The van der Waals surface area contributed by atoms with Gasteiger partial charge in [0, 0.05) is 54.7 Å². The molecule has 0 saturated carbocycles. The minimum Gasteiger partial charge on any atom is -0.435 e. The van der Waals surface area contributed by atoms with E-state index in [-0.39, 0.29) is 28.2 Å². The number of rotatable bonds is 7. The number of amides is 1. The number of carbonyl (C=O) groups excluding carboxylic acids is 1. The van der Waals surface area contributed by atoms with Crippen LogP contribution in [0.3, 0.4) is 0 Å². The topological polar surface area (TPSA) is 112 Å². The molecule has 5 rings (SSSR count). The molecular weight excluding hydrogens is 480 g/mol. The number of nitrogens with one attached hydrogen (secondary N) is 2. The zero-order valence-corrected chi connectivity index (χ0v) is 20.5. The maximum Gasteiger partial charge on any atom is 0.258 e. The molecule has 2 aromatic carbocycles. The lowest BCUT2D eigenvalue weighted by atomic mass is 10.2. The zero-order valence-electron chi connectivity index (χ0n) is 20.5. The predicted octanol–water partition coefficient (Wildman–Crippen LogP) is 4.32. The van der Waals surface area contributed by atoms with Crippen LogP contribution in [0.2, 0.25) is 0 Å². The molecule has 4 N–H and O–H groups in total. The number of aryl methyl sites for hydroxylation is 1. The van der Waals surface area contributed by atoms with Crippen LogP contribution in [0.1, 0.15) is 23.0 Å². The number of nitrogens with two attached hydrogens (primary N) is 1. The summed E-state index contributed by atoms with van der Waals surface area (Å²) in [5.41, 5.74) is 7.78. The normalized spacial score (nSPS) is 14.2. The molecule has 0 radical (unpaired) electrons. The van der Waals surface area contributed by atoms with Gasteiger partial charge < -0.3 is 30.6 Å². The van der Waals surface area contributed by atoms with E-state index in [1.54, 1.807) is 6.92 Å². The van der Waals surface area contributed by atoms with E-state index in [0.717, 1.165) is 50.8 Å². The second kappa shape index (κ2) is 10.0. The maximum absolute atomic E-state index is 15.1. The predicted molar refractivity (Wildman–Crippen MR) is 138 cm³/mol. The van der Waals surface area contributed by atoms with E-state index in [1.807, 2.05) is 24.3 Å². The maximum atomic E-state index is 15.1. The van der Waals surface area contributed by atoms with Gasteiger partial charge in [0.05, 0.1) is 5.52 Å². The number of hydrogen-bond acceptors (Lipinski definition) is 7. The van der Waals surface area contributed by atoms with E-state index in [2.05, 4.69) is 37.0 Å². The van der Waals surface area contributed by atoms with Crippen LogP contribution in [0.4, 0.5) is 26.0 Å². The summed E-state index contributed by atoms with van der Waals surface area (Å²) in [6, 6.07) is 10.1. The molecule has 1 aliphatic rings. The Morgan fingerprint density at radius 3 is 2.54 bits per heavy atom. The van der Waals surface area contributed by atoms with Crippen molar-refractivity contribution in [2.75, 3.05) is 42.9 Å². The van der Waals surface area contributed by atoms with Gasteiger partial charge in [-0.1, -0.05) is 6.92 Å². The van der Waals surface area contributed by atoms with E-state index < -0.39 is 23.3 Å². The molecule has 3 heterocycles. The van der Waals surface area contributed by atoms with Crippen LogP contribution in [0.25, 0.3) is 10.9 Å². The Kier molecular flexibility index (Phi) is 6.62. The van der Waals surface area contributed by atoms with Gasteiger partial charge in [-0.25, -0.2) is 18.7 Å². The number of ether oxygens (including phenoxy) is 1. The van der Waals surface area contributed by atoms with E-state index in [9.17, 15) is 9.18 Å². The van der Waals surface area contributed by atoms with Crippen LogP contribution < -0.4 is 20.7 Å². The number of benzene rings is 2. The van der Waals surface area contributed by atoms with Crippen molar-refractivity contribution < 1.29 is 18.3 Å². The Morgan fingerprint density at radius 2 is 1.86 bits per heavy atom. The molecule has 11 heteroatoms. The SMILES string of the molecule is CCN1CCN(c2ccc(Nc3ncnc(Oc4cc(F)c5[nH]c(C)cc5c4F)c3C(N)=O)cc2)CC1. The van der Waals surface area contributed by atoms with Crippen LogP contribution in [0.5, 0.6) is 11.6 Å². The number of nitrogens with zero attached hydrogens (tertiary/aromatic N) is 4. The second-order valence-corrected chi connectivity index (χ2v) is 8.87. The van der Waals surface area contributed by atoms with Crippen molar-refractivity contribution in [3.8, 4) is 11.6 Å². The summed E-state index contributed by atoms with van der Waals surface area (Å²) in [6.45, 7) is 8.83. The van der Waals surface area contributed by atoms with Crippen molar-refractivity contribution in [1.82, 2.24) is 19.9 Å². The Labute approximate surface area is 212 Å². The van der Waals surface area contributed by atoms with E-state index in [0.29, 0.717) is 11.4 Å². The van der Waals surface area contributed by atoms with Crippen molar-refractivity contribution in [3.05, 3.63) is 65.6 Å². The number of aromatic nitrogens is 3. The van der Waals surface area contributed by atoms with Gasteiger partial charge in [-0.2, -0.15) is 0 Å². The fourth-order valence-corrected chi connectivity index (χ4v) is 4.49. The van der Waals surface area contributed by atoms with Crippen LogP contribution in [0, 0.1) is 18.6 Å². The third-order valence-corrected chi connectivity index (χ3v) is 6.48. The molecule has 1 saturated heterocycles. The van der Waals surface area contributed by atoms with Crippen LogP contribution >= 0.6 is 0 Å². The van der Waals surface area contributed by atoms with Gasteiger partial charge in [0.1, 0.15) is 11.9 Å². The summed E-state index contributed by atoms with van der Waals surface area (Å²) < 4.78 is 35.2. The smallest absolute Gasteiger partial charge is 0.258 e. The highest BCUT2D eigenvalue weighted by Crippen LogP contribution is 2.34. The van der Waals surface area contributed by atoms with Gasteiger partial charge in [0.2, 0.25) is 5.88 Å². The minimum atomic E-state index is -0.886. The van der Waals surface area contributed by atoms with Crippen molar-refractivity contribution >= 4 is 34.0 Å². The molecule has 1 aliphatic heterocycles. The molecule has 37 heavy (non-hydrogen) atoms. The van der Waals surface area contributed by atoms with Gasteiger partial charge in [0.25, 0.3) is 5.91 Å². The van der Waals surface area contributed by atoms with Crippen molar-refractivity contribution in [2.45, 2.75) is 13.8 Å². The molecule has 9 nitrogen and oxygen atoms in total. The quantitative estimate of drug-likeness (QED) is 0.342. The number of halogens is 2. The summed E-state index contributed by atoms with van der Waals surface area (Å²) in [6.07, 6.45) is 1.15. The number of likely N-dealkylation sites (N-methyl/N-ethyl adjacent to an activating group) is 1. The van der Waals surface area contributed by atoms with Crippen LogP contribution in [-0.2, 0) is 0 Å². The van der Waals surface area contributed by atoms with Gasteiger partial charge in [-0.3, -0.25) is 4.79 Å². The van der Waals surface area contributed by atoms with Crippen molar-refractivity contribution in [2.24, 2.45) is 5.73 Å². The van der Waals surface area contributed by atoms with E-state index in [1.165, 1.54) is 6.07 Å². The number of fused-ring (bicyclic) bond motifs is 1. The zero-order chi connectivity index (χ0) is 26.1. The summed E-state index contributed by atoms with van der Waals surface area (Å²) in [7, 11) is 0. The Balaban J connectivity index is 1.39. The second-order valence-electron chi connectivity index (χ2n) is 8.87. The first-order chi connectivity index (χ1) is 17.8. The molecule has 0 unspecified atom stereocenters. The Bertz CT molecular complexity index is 1450. The molecule has 0 aliphatic carbocycles. The molecule has 1 fully saturated rings. The van der Waals surface area contributed by atoms with Crippen LogP contribution in [0.15, 0.2) is 42.7 Å². The molecule has 0 bridgehead atoms. The monoisotopic (exact) mass is 507 g/mol. The largest absolute Gasteiger partial charge is 0.435 e. The molecule has 192 valence electrons. The first-order valence-electron chi connectivity index (χ1n) is 12.0. The minimum absolute atomic E-state index is 0.0247. The lowest BCUT2D eigenvalue weighted by Gasteiger charge is -2.35. The third-order valence-electron chi connectivity index (χ3n) is 6.48. The lowest BCUT2D eigenvalue weighted by Crippen LogP contribution is -2.46. The Morgan fingerprint density at radius 1 is 1.14 bits per heavy atom. The number of aromatic amines is 1. The van der Waals surface area contributed by atoms with Gasteiger partial charge in [0.15, 0.2) is 23.2 Å². The molecule has 0 atom stereocenters. The first-order valence-corrected chi connectivity index (χ1v) is 12.0. The van der Waals surface area contributed by atoms with E-state index in [4.69, 9.17) is 10.5 Å². The number of primary amides is 1. The number of anilines is 3. The fraction of sp³-hybridized carbons (Fsp3) is 0.269. The molecule has 4 aromatic rings. The van der Waals surface area contributed by atoms with Gasteiger partial charge in [-0.05, 0) is 43.8 Å². The summed E-state index contributed by atoms with van der Waals surface area (Å²) in [4.78, 5) is 27.9. The highest BCUT2D eigenvalue weighted by molar-refractivity contribution is 6.00. The third kappa shape index (κ3) is 4.90. The number of H-pyrrole nitrogens is 1. The molecule has 0 spiro atoms. The number of hydrogen-bond donors (Lipinski definition) is 3. The first kappa shape index (κ1) is 24.4. The van der Waals surface area contributed by atoms with Crippen molar-refractivity contribution in [1.29, 1.82) is 0 Å². The molecule has 2 aromatic heterocycles. The van der Waals surface area contributed by atoms with Gasteiger partial charge in [-0.15, -0.1) is 0 Å². The summed E-state index contributed by atoms with van der Waals surface area (Å²) >= 11 is 0. The molecular formula is C26H27F2N7O2. The number of piperazine rings is 1. The van der Waals surface area contributed by atoms with Crippen LogP contribution in [-0.4, -0.2) is 58.5 Å². The lowest BCUT2D eigenvalue weighted by molar-refractivity contribution is 0.0998. The van der Waals surface area contributed by atoms with E-state index >= 15 is 4.39 Å². The van der Waals surface area contributed by atoms with Gasteiger partial charge >= 0.3 is 0 Å².